The van der Waals surface area contributed by atoms with Crippen LogP contribution >= 0.6 is 0 Å². The molecule has 2 bridgehead atoms. The molecule has 0 amide bonds. The number of aliphatic hydroxyl groups is 1. The van der Waals surface area contributed by atoms with Gasteiger partial charge in [-0.05, 0) is 73.6 Å². The molecule has 1 heterocycles. The Hall–Kier alpha value is -2.68. The Bertz CT molecular complexity index is 1320. The predicted octanol–water partition coefficient (Wildman–Crippen LogP) is 4.50. The molecule has 1 N–H and O–H groups in total. The van der Waals surface area contributed by atoms with Crippen LogP contribution in [0.4, 0.5) is 0 Å². The second-order valence-electron chi connectivity index (χ2n) is 13.3. The standard InChI is InChI=1S/C32H40O8/c1-16-14-31-17(2)12-20-24(29(20,3)4)19(25(31)33)13-18-15-38-30(5,6)40-27(18)32(31,35)26(16)39-28(34)23-21(36-7)10-9-11-22(23)37-8/h9-11,13-14,17,19-20,24,26-27,35H,12,15H2,1-8H3/t17-,19+,20-,24+,26+,27?,31+,32-/m1/s1. The van der Waals surface area contributed by atoms with Gasteiger partial charge in [0.2, 0.25) is 0 Å². The number of carbonyl (C=O) groups is 2. The van der Waals surface area contributed by atoms with E-state index in [0.29, 0.717) is 11.5 Å². The fourth-order valence-electron chi connectivity index (χ4n) is 8.52. The zero-order valence-corrected chi connectivity index (χ0v) is 24.6. The van der Waals surface area contributed by atoms with E-state index in [9.17, 15) is 14.7 Å². The molecule has 1 unspecified atom stereocenters. The summed E-state index contributed by atoms with van der Waals surface area (Å²) >= 11 is 0. The van der Waals surface area contributed by atoms with Crippen molar-refractivity contribution in [2.24, 2.45) is 34.5 Å². The van der Waals surface area contributed by atoms with Crippen LogP contribution in [0.25, 0.3) is 0 Å². The summed E-state index contributed by atoms with van der Waals surface area (Å²) in [6, 6.07) is 5.02. The first-order chi connectivity index (χ1) is 18.7. The quantitative estimate of drug-likeness (QED) is 0.431. The van der Waals surface area contributed by atoms with Gasteiger partial charge in [-0.3, -0.25) is 4.79 Å². The predicted molar refractivity (Wildman–Crippen MR) is 146 cm³/mol. The molecule has 0 radical (unpaired) electrons. The maximum absolute atomic E-state index is 14.8. The Labute approximate surface area is 235 Å². The van der Waals surface area contributed by atoms with Gasteiger partial charge in [0.05, 0.1) is 26.2 Å². The summed E-state index contributed by atoms with van der Waals surface area (Å²) < 4.78 is 29.7. The number of carbonyl (C=O) groups excluding carboxylic acids is 2. The second-order valence-corrected chi connectivity index (χ2v) is 13.3. The molecule has 1 aromatic rings. The van der Waals surface area contributed by atoms with Crippen LogP contribution in [0.15, 0.2) is 41.5 Å². The van der Waals surface area contributed by atoms with Crippen molar-refractivity contribution in [1.82, 2.24) is 0 Å². The smallest absolute Gasteiger partial charge is 0.346 e. The van der Waals surface area contributed by atoms with Crippen LogP contribution < -0.4 is 9.47 Å². The Morgan fingerprint density at radius 1 is 1.10 bits per heavy atom. The highest BCUT2D eigenvalue weighted by atomic mass is 16.7. The largest absolute Gasteiger partial charge is 0.496 e. The number of rotatable bonds is 4. The molecule has 8 nitrogen and oxygen atoms in total. The van der Waals surface area contributed by atoms with Gasteiger partial charge >= 0.3 is 5.97 Å². The molecule has 8 atom stereocenters. The van der Waals surface area contributed by atoms with Gasteiger partial charge < -0.3 is 28.8 Å². The van der Waals surface area contributed by atoms with E-state index >= 15 is 0 Å². The molecular formula is C32H40O8. The Morgan fingerprint density at radius 3 is 2.38 bits per heavy atom. The number of ketones is 1. The highest BCUT2D eigenvalue weighted by Crippen LogP contribution is 2.72. The fourth-order valence-corrected chi connectivity index (χ4v) is 8.52. The van der Waals surface area contributed by atoms with Crippen molar-refractivity contribution in [1.29, 1.82) is 0 Å². The highest BCUT2D eigenvalue weighted by molar-refractivity contribution is 5.97. The first-order valence-corrected chi connectivity index (χ1v) is 14.1. The lowest BCUT2D eigenvalue weighted by molar-refractivity contribution is -0.302. The lowest BCUT2D eigenvalue weighted by atomic mass is 9.59. The average Bonchev–Trinajstić information content (AvgIpc) is 3.40. The highest BCUT2D eigenvalue weighted by Gasteiger charge is 2.77. The van der Waals surface area contributed by atoms with Crippen LogP contribution in [0.1, 0.15) is 58.3 Å². The lowest BCUT2D eigenvalue weighted by Crippen LogP contribution is -2.68. The zero-order chi connectivity index (χ0) is 29.0. The van der Waals surface area contributed by atoms with E-state index < -0.39 is 40.9 Å². The third kappa shape index (κ3) is 3.42. The third-order valence-electron chi connectivity index (χ3n) is 10.5. The molecule has 4 aliphatic carbocycles. The molecule has 2 saturated carbocycles. The SMILES string of the molecule is COc1cccc(OC)c1C(=O)O[C@H]1C(C)=C[C@]23C(=O)[C@@H](C=C4COC(C)(C)OC4[C@]12O)[C@H]1[C@@H](C[C@H]3C)C1(C)C. The molecule has 1 aromatic carbocycles. The molecular weight excluding hydrogens is 512 g/mol. The Kier molecular flexibility index (Phi) is 5.95. The van der Waals surface area contributed by atoms with Gasteiger partial charge in [-0.15, -0.1) is 0 Å². The number of methoxy groups -OCH3 is 2. The summed E-state index contributed by atoms with van der Waals surface area (Å²) in [5, 5.41) is 13.2. The molecule has 1 saturated heterocycles. The van der Waals surface area contributed by atoms with Crippen molar-refractivity contribution < 1.29 is 38.4 Å². The summed E-state index contributed by atoms with van der Waals surface area (Å²) in [5.41, 5.74) is -1.73. The molecule has 1 spiro atoms. The van der Waals surface area contributed by atoms with Gasteiger partial charge in [0, 0.05) is 5.92 Å². The maximum Gasteiger partial charge on any atom is 0.346 e. The molecule has 216 valence electrons. The number of hydrogen-bond donors (Lipinski definition) is 1. The summed E-state index contributed by atoms with van der Waals surface area (Å²) in [7, 11) is 2.93. The minimum absolute atomic E-state index is 0.0184. The first kappa shape index (κ1) is 27.5. The van der Waals surface area contributed by atoms with Crippen LogP contribution in [0.5, 0.6) is 11.5 Å². The third-order valence-corrected chi connectivity index (χ3v) is 10.5. The summed E-state index contributed by atoms with van der Waals surface area (Å²) in [6.07, 6.45) is 2.59. The first-order valence-electron chi connectivity index (χ1n) is 14.1. The van der Waals surface area contributed by atoms with Gasteiger partial charge in [-0.1, -0.05) is 39.0 Å². The van der Waals surface area contributed by atoms with Crippen molar-refractivity contribution in [3.63, 3.8) is 0 Å². The van der Waals surface area contributed by atoms with Crippen molar-refractivity contribution in [3.05, 3.63) is 47.1 Å². The number of ether oxygens (including phenoxy) is 5. The average molecular weight is 553 g/mol. The van der Waals surface area contributed by atoms with Crippen molar-refractivity contribution in [2.75, 3.05) is 20.8 Å². The van der Waals surface area contributed by atoms with E-state index in [1.54, 1.807) is 32.0 Å². The number of esters is 1. The normalized spacial score (nSPS) is 40.3. The van der Waals surface area contributed by atoms with Crippen LogP contribution in [0, 0.1) is 34.5 Å². The van der Waals surface area contributed by atoms with Gasteiger partial charge in [0.1, 0.15) is 23.2 Å². The summed E-state index contributed by atoms with van der Waals surface area (Å²) in [5.74, 6) is -1.27. The minimum Gasteiger partial charge on any atom is -0.496 e. The number of Topliss-reactive ketones (excluding diaryl/α,β-unsaturated/α-hetero) is 1. The molecule has 6 rings (SSSR count). The van der Waals surface area contributed by atoms with E-state index in [1.807, 2.05) is 26.0 Å². The fraction of sp³-hybridized carbons (Fsp3) is 0.625. The van der Waals surface area contributed by atoms with Crippen molar-refractivity contribution in [2.45, 2.75) is 71.6 Å². The van der Waals surface area contributed by atoms with Crippen molar-refractivity contribution >= 4 is 11.8 Å². The van der Waals surface area contributed by atoms with Crippen molar-refractivity contribution in [3.8, 4) is 11.5 Å². The molecule has 0 aromatic heterocycles. The molecule has 40 heavy (non-hydrogen) atoms. The molecule has 1 aliphatic heterocycles. The van der Waals surface area contributed by atoms with Crippen LogP contribution in [0.3, 0.4) is 0 Å². The number of benzene rings is 1. The number of fused-ring (bicyclic) bond motifs is 5. The van der Waals surface area contributed by atoms with E-state index in [-0.39, 0.29) is 46.7 Å². The van der Waals surface area contributed by atoms with E-state index in [1.165, 1.54) is 14.2 Å². The van der Waals surface area contributed by atoms with Gasteiger partial charge in [0.25, 0.3) is 0 Å². The van der Waals surface area contributed by atoms with E-state index in [2.05, 4.69) is 13.8 Å². The number of hydrogen-bond acceptors (Lipinski definition) is 8. The van der Waals surface area contributed by atoms with Crippen LogP contribution in [0.2, 0.25) is 0 Å². The van der Waals surface area contributed by atoms with Gasteiger partial charge in [-0.25, -0.2) is 4.79 Å². The summed E-state index contributed by atoms with van der Waals surface area (Å²) in [6.45, 7) is 12.1. The monoisotopic (exact) mass is 552 g/mol. The topological polar surface area (TPSA) is 101 Å². The Balaban J connectivity index is 1.52. The maximum atomic E-state index is 14.8. The Morgan fingerprint density at radius 2 is 1.75 bits per heavy atom. The zero-order valence-electron chi connectivity index (χ0n) is 24.6. The van der Waals surface area contributed by atoms with E-state index in [0.717, 1.165) is 12.0 Å². The van der Waals surface area contributed by atoms with Gasteiger partial charge in [-0.2, -0.15) is 0 Å². The molecule has 5 aliphatic rings. The molecule has 3 fully saturated rings. The van der Waals surface area contributed by atoms with E-state index in [4.69, 9.17) is 23.7 Å². The molecule has 8 heteroatoms. The lowest BCUT2D eigenvalue weighted by Gasteiger charge is -2.52. The van der Waals surface area contributed by atoms with Crippen LogP contribution in [-0.4, -0.2) is 61.3 Å². The minimum atomic E-state index is -1.89. The number of allylic oxidation sites excluding steroid dienone is 1. The summed E-state index contributed by atoms with van der Waals surface area (Å²) in [4.78, 5) is 28.7. The van der Waals surface area contributed by atoms with Crippen LogP contribution in [-0.2, 0) is 19.0 Å². The second kappa shape index (κ2) is 8.66. The van der Waals surface area contributed by atoms with Gasteiger partial charge in [0.15, 0.2) is 23.3 Å².